The van der Waals surface area contributed by atoms with Gasteiger partial charge in [0.15, 0.2) is 0 Å². The largest absolute Gasteiger partial charge is 0.394 e. The molecule has 0 aliphatic heterocycles. The van der Waals surface area contributed by atoms with Crippen molar-refractivity contribution in [1.29, 1.82) is 0 Å². The number of hydrogen-bond donors (Lipinski definition) is 2. The lowest BCUT2D eigenvalue weighted by Crippen LogP contribution is -2.06. The van der Waals surface area contributed by atoms with Crippen molar-refractivity contribution in [1.82, 2.24) is 24.3 Å². The van der Waals surface area contributed by atoms with Crippen molar-refractivity contribution in [2.45, 2.75) is 20.4 Å². The summed E-state index contributed by atoms with van der Waals surface area (Å²) in [5.41, 5.74) is 4.81. The van der Waals surface area contributed by atoms with Crippen LogP contribution in [0.25, 0.3) is 21.9 Å². The zero-order valence-electron chi connectivity index (χ0n) is 14.5. The Hall–Kier alpha value is -2.93. The molecule has 7 nitrogen and oxygen atoms in total. The van der Waals surface area contributed by atoms with Crippen molar-refractivity contribution in [3.05, 3.63) is 42.0 Å². The molecule has 4 rings (SSSR count). The number of aromatic nitrogens is 5. The maximum absolute atomic E-state index is 9.15. The van der Waals surface area contributed by atoms with E-state index in [0.29, 0.717) is 6.54 Å². The highest BCUT2D eigenvalue weighted by Crippen LogP contribution is 2.29. The predicted molar refractivity (Wildman–Crippen MR) is 98.1 cm³/mol. The number of pyridine rings is 2. The molecule has 0 aliphatic carbocycles. The van der Waals surface area contributed by atoms with E-state index in [1.165, 1.54) is 0 Å². The number of fused-ring (bicyclic) bond motifs is 3. The van der Waals surface area contributed by atoms with Crippen molar-refractivity contribution >= 4 is 33.4 Å². The van der Waals surface area contributed by atoms with E-state index in [1.807, 2.05) is 39.2 Å². The van der Waals surface area contributed by atoms with Gasteiger partial charge in [-0.05, 0) is 32.0 Å². The predicted octanol–water partition coefficient (Wildman–Crippen LogP) is 2.67. The number of aryl methyl sites for hydroxylation is 2. The lowest BCUT2D eigenvalue weighted by molar-refractivity contribution is 0.268. The molecule has 128 valence electrons. The van der Waals surface area contributed by atoms with E-state index in [4.69, 9.17) is 10.1 Å². The highest BCUT2D eigenvalue weighted by Gasteiger charge is 2.14. The van der Waals surface area contributed by atoms with Gasteiger partial charge in [-0.2, -0.15) is 5.10 Å². The summed E-state index contributed by atoms with van der Waals surface area (Å²) in [6.45, 7) is 4.48. The molecule has 0 amide bonds. The molecule has 0 saturated carbocycles. The summed E-state index contributed by atoms with van der Waals surface area (Å²) in [4.78, 5) is 9.00. The van der Waals surface area contributed by atoms with Crippen molar-refractivity contribution < 1.29 is 5.11 Å². The summed E-state index contributed by atoms with van der Waals surface area (Å²) < 4.78 is 3.88. The third kappa shape index (κ3) is 2.44. The van der Waals surface area contributed by atoms with Gasteiger partial charge in [0, 0.05) is 30.2 Å². The third-order valence-electron chi connectivity index (χ3n) is 4.59. The van der Waals surface area contributed by atoms with Gasteiger partial charge >= 0.3 is 0 Å². The minimum absolute atomic E-state index is 0.0651. The van der Waals surface area contributed by atoms with Crippen molar-refractivity contribution in [3.63, 3.8) is 0 Å². The smallest absolute Gasteiger partial charge is 0.143 e. The topological polar surface area (TPSA) is 80.8 Å². The SMILES string of the molecule is Cc1nn(CCO)c(C)c1Nc1ccc2c3cnccc3n(C)c2n1. The lowest BCUT2D eigenvalue weighted by atomic mass is 10.2. The van der Waals surface area contributed by atoms with Crippen LogP contribution < -0.4 is 5.32 Å². The summed E-state index contributed by atoms with van der Waals surface area (Å²) in [6, 6.07) is 6.03. The number of hydrogen-bond acceptors (Lipinski definition) is 5. The van der Waals surface area contributed by atoms with Gasteiger partial charge in [-0.1, -0.05) is 0 Å². The number of aliphatic hydroxyl groups is 1. The molecular formula is C18H20N6O. The average molecular weight is 336 g/mol. The fourth-order valence-electron chi connectivity index (χ4n) is 3.30. The van der Waals surface area contributed by atoms with Gasteiger partial charge in [-0.25, -0.2) is 4.98 Å². The van der Waals surface area contributed by atoms with Crippen molar-refractivity contribution in [3.8, 4) is 0 Å². The minimum atomic E-state index is 0.0651. The fraction of sp³-hybridized carbons (Fsp3) is 0.278. The number of nitrogens with one attached hydrogen (secondary N) is 1. The standard InChI is InChI=1S/C18H20N6O/c1-11-17(12(2)24(22-11)8-9-25)20-16-5-4-13-14-10-19-7-6-15(14)23(3)18(13)21-16/h4-7,10,25H,8-9H2,1-3H3,(H,20,21). The maximum Gasteiger partial charge on any atom is 0.143 e. The number of nitrogens with zero attached hydrogens (tertiary/aromatic N) is 5. The van der Waals surface area contributed by atoms with Crippen molar-refractivity contribution in [2.24, 2.45) is 7.05 Å². The van der Waals surface area contributed by atoms with Gasteiger partial charge in [-0.3, -0.25) is 9.67 Å². The Kier molecular flexibility index (Phi) is 3.65. The Morgan fingerprint density at radius 3 is 2.80 bits per heavy atom. The maximum atomic E-state index is 9.15. The van der Waals surface area contributed by atoms with E-state index >= 15 is 0 Å². The Balaban J connectivity index is 1.78. The molecule has 0 atom stereocenters. The number of anilines is 2. The van der Waals surface area contributed by atoms with Crippen LogP contribution in [0.3, 0.4) is 0 Å². The Morgan fingerprint density at radius 2 is 2.00 bits per heavy atom. The summed E-state index contributed by atoms with van der Waals surface area (Å²) in [5, 5.41) is 19.2. The van der Waals surface area contributed by atoms with E-state index in [0.717, 1.165) is 44.8 Å². The fourth-order valence-corrected chi connectivity index (χ4v) is 3.30. The third-order valence-corrected chi connectivity index (χ3v) is 4.59. The van der Waals surface area contributed by atoms with Crippen LogP contribution in [0.5, 0.6) is 0 Å². The highest BCUT2D eigenvalue weighted by atomic mass is 16.3. The Bertz CT molecular complexity index is 1080. The van der Waals surface area contributed by atoms with Gasteiger partial charge in [0.25, 0.3) is 0 Å². The monoisotopic (exact) mass is 336 g/mol. The molecular weight excluding hydrogens is 316 g/mol. The molecule has 0 radical (unpaired) electrons. The van der Waals surface area contributed by atoms with Gasteiger partial charge in [-0.15, -0.1) is 0 Å². The van der Waals surface area contributed by atoms with E-state index in [1.54, 1.807) is 10.9 Å². The van der Waals surface area contributed by atoms with Crippen LogP contribution in [0.1, 0.15) is 11.4 Å². The van der Waals surface area contributed by atoms with Gasteiger partial charge in [0.05, 0.1) is 35.7 Å². The molecule has 0 aliphatic rings. The van der Waals surface area contributed by atoms with Gasteiger partial charge < -0.3 is 15.0 Å². The quantitative estimate of drug-likeness (QED) is 0.599. The summed E-state index contributed by atoms with van der Waals surface area (Å²) in [6.07, 6.45) is 3.67. The zero-order chi connectivity index (χ0) is 17.6. The molecule has 0 unspecified atom stereocenters. The second-order valence-electron chi connectivity index (χ2n) is 6.14. The lowest BCUT2D eigenvalue weighted by Gasteiger charge is -2.07. The Labute approximate surface area is 144 Å². The first-order chi connectivity index (χ1) is 12.1. The molecule has 0 fully saturated rings. The van der Waals surface area contributed by atoms with Crippen molar-refractivity contribution in [2.75, 3.05) is 11.9 Å². The van der Waals surface area contributed by atoms with Gasteiger partial charge in [0.2, 0.25) is 0 Å². The van der Waals surface area contributed by atoms with E-state index in [2.05, 4.69) is 26.0 Å². The van der Waals surface area contributed by atoms with Crippen LogP contribution in [0.15, 0.2) is 30.6 Å². The average Bonchev–Trinajstić information content (AvgIpc) is 3.05. The molecule has 0 spiro atoms. The van der Waals surface area contributed by atoms with Crippen LogP contribution in [0, 0.1) is 13.8 Å². The second kappa shape index (κ2) is 5.86. The van der Waals surface area contributed by atoms with E-state index in [-0.39, 0.29) is 6.61 Å². The normalized spacial score (nSPS) is 11.5. The van der Waals surface area contributed by atoms with E-state index in [9.17, 15) is 0 Å². The van der Waals surface area contributed by atoms with Gasteiger partial charge in [0.1, 0.15) is 11.5 Å². The Morgan fingerprint density at radius 1 is 1.16 bits per heavy atom. The summed E-state index contributed by atoms with van der Waals surface area (Å²) in [7, 11) is 2.01. The molecule has 0 saturated heterocycles. The zero-order valence-corrected chi connectivity index (χ0v) is 14.5. The van der Waals surface area contributed by atoms with E-state index < -0.39 is 0 Å². The minimum Gasteiger partial charge on any atom is -0.394 e. The molecule has 0 aromatic carbocycles. The van der Waals surface area contributed by atoms with Crippen LogP contribution in [0.4, 0.5) is 11.5 Å². The first-order valence-electron chi connectivity index (χ1n) is 8.21. The second-order valence-corrected chi connectivity index (χ2v) is 6.14. The summed E-state index contributed by atoms with van der Waals surface area (Å²) in [5.74, 6) is 0.765. The van der Waals surface area contributed by atoms with Crippen LogP contribution in [0.2, 0.25) is 0 Å². The first kappa shape index (κ1) is 15.6. The molecule has 0 bridgehead atoms. The molecule has 7 heteroatoms. The molecule has 4 heterocycles. The highest BCUT2D eigenvalue weighted by molar-refractivity contribution is 6.06. The van der Waals surface area contributed by atoms with Crippen LogP contribution in [-0.4, -0.2) is 36.0 Å². The molecule has 4 aromatic rings. The van der Waals surface area contributed by atoms with Crippen LogP contribution in [-0.2, 0) is 13.6 Å². The molecule has 25 heavy (non-hydrogen) atoms. The molecule has 4 aromatic heterocycles. The number of rotatable bonds is 4. The first-order valence-corrected chi connectivity index (χ1v) is 8.21. The summed E-state index contributed by atoms with van der Waals surface area (Å²) >= 11 is 0. The van der Waals surface area contributed by atoms with Crippen LogP contribution >= 0.6 is 0 Å². The number of aliphatic hydroxyl groups excluding tert-OH is 1. The molecule has 2 N–H and O–H groups in total.